The molecule has 0 radical (unpaired) electrons. The zero-order chi connectivity index (χ0) is 9.54. The highest BCUT2D eigenvalue weighted by molar-refractivity contribution is 4.95. The molecule has 0 aliphatic heterocycles. The summed E-state index contributed by atoms with van der Waals surface area (Å²) in [4.78, 5) is 0. The Bertz CT molecular complexity index is 213. The van der Waals surface area contributed by atoms with Crippen molar-refractivity contribution >= 4 is 0 Å². The van der Waals surface area contributed by atoms with E-state index < -0.39 is 0 Å². The molecule has 3 aliphatic rings. The van der Waals surface area contributed by atoms with Gasteiger partial charge in [0.2, 0.25) is 0 Å². The van der Waals surface area contributed by atoms with E-state index in [0.29, 0.717) is 5.92 Å². The molecule has 14 heavy (non-hydrogen) atoms. The van der Waals surface area contributed by atoms with Gasteiger partial charge in [0, 0.05) is 0 Å². The minimum Gasteiger partial charge on any atom is -0.393 e. The SMILES string of the molecule is OC1CCCCC1C1CC2CCC1C2. The fourth-order valence-corrected chi connectivity index (χ4v) is 4.46. The van der Waals surface area contributed by atoms with Crippen LogP contribution in [0.4, 0.5) is 0 Å². The Morgan fingerprint density at radius 1 is 0.786 bits per heavy atom. The Morgan fingerprint density at radius 2 is 1.64 bits per heavy atom. The average molecular weight is 194 g/mol. The molecule has 0 spiro atoms. The first kappa shape index (κ1) is 9.21. The van der Waals surface area contributed by atoms with Crippen LogP contribution in [0.2, 0.25) is 0 Å². The zero-order valence-corrected chi connectivity index (χ0v) is 8.99. The second-order valence-electron chi connectivity index (χ2n) is 5.85. The number of hydrogen-bond acceptors (Lipinski definition) is 1. The molecule has 80 valence electrons. The van der Waals surface area contributed by atoms with E-state index in [2.05, 4.69) is 0 Å². The summed E-state index contributed by atoms with van der Waals surface area (Å²) in [6.07, 6.45) is 11.0. The van der Waals surface area contributed by atoms with Gasteiger partial charge in [0.1, 0.15) is 0 Å². The topological polar surface area (TPSA) is 20.2 Å². The highest BCUT2D eigenvalue weighted by atomic mass is 16.3. The lowest BCUT2D eigenvalue weighted by Gasteiger charge is -2.36. The van der Waals surface area contributed by atoms with Gasteiger partial charge in [0.25, 0.3) is 0 Å². The monoisotopic (exact) mass is 194 g/mol. The molecule has 0 aromatic carbocycles. The largest absolute Gasteiger partial charge is 0.393 e. The van der Waals surface area contributed by atoms with Crippen LogP contribution in [-0.4, -0.2) is 11.2 Å². The van der Waals surface area contributed by atoms with Gasteiger partial charge >= 0.3 is 0 Å². The fourth-order valence-electron chi connectivity index (χ4n) is 4.46. The molecule has 1 heteroatoms. The van der Waals surface area contributed by atoms with Crippen molar-refractivity contribution in [3.63, 3.8) is 0 Å². The average Bonchev–Trinajstić information content (AvgIpc) is 2.79. The van der Waals surface area contributed by atoms with Crippen LogP contribution in [0.3, 0.4) is 0 Å². The van der Waals surface area contributed by atoms with Gasteiger partial charge in [0.05, 0.1) is 6.10 Å². The molecule has 1 nitrogen and oxygen atoms in total. The molecule has 0 saturated heterocycles. The fraction of sp³-hybridized carbons (Fsp3) is 1.00. The highest BCUT2D eigenvalue weighted by Crippen LogP contribution is 2.53. The molecular formula is C13H22O. The summed E-state index contributed by atoms with van der Waals surface area (Å²) in [6.45, 7) is 0. The summed E-state index contributed by atoms with van der Waals surface area (Å²) in [5.41, 5.74) is 0. The third kappa shape index (κ3) is 1.41. The molecule has 1 N–H and O–H groups in total. The third-order valence-corrected chi connectivity index (χ3v) is 5.12. The van der Waals surface area contributed by atoms with Crippen molar-refractivity contribution in [3.05, 3.63) is 0 Å². The number of aliphatic hydroxyl groups is 1. The smallest absolute Gasteiger partial charge is 0.0571 e. The molecular weight excluding hydrogens is 172 g/mol. The molecule has 0 amide bonds. The van der Waals surface area contributed by atoms with Crippen LogP contribution in [0.15, 0.2) is 0 Å². The van der Waals surface area contributed by atoms with Crippen molar-refractivity contribution in [2.24, 2.45) is 23.7 Å². The van der Waals surface area contributed by atoms with Crippen LogP contribution in [0.5, 0.6) is 0 Å². The number of rotatable bonds is 1. The normalized spacial score (nSPS) is 52.5. The van der Waals surface area contributed by atoms with Gasteiger partial charge < -0.3 is 5.11 Å². The van der Waals surface area contributed by atoms with Gasteiger partial charge in [0.15, 0.2) is 0 Å². The van der Waals surface area contributed by atoms with E-state index in [1.165, 1.54) is 44.9 Å². The molecule has 0 aromatic rings. The van der Waals surface area contributed by atoms with Crippen LogP contribution in [-0.2, 0) is 0 Å². The second kappa shape index (κ2) is 3.52. The van der Waals surface area contributed by atoms with Gasteiger partial charge in [-0.05, 0) is 55.8 Å². The van der Waals surface area contributed by atoms with E-state index in [4.69, 9.17) is 0 Å². The summed E-state index contributed by atoms with van der Waals surface area (Å²) in [7, 11) is 0. The van der Waals surface area contributed by atoms with Crippen molar-refractivity contribution in [1.29, 1.82) is 0 Å². The van der Waals surface area contributed by atoms with E-state index in [9.17, 15) is 5.11 Å². The molecule has 5 unspecified atom stereocenters. The maximum absolute atomic E-state index is 10.1. The van der Waals surface area contributed by atoms with Crippen molar-refractivity contribution in [3.8, 4) is 0 Å². The molecule has 0 aromatic heterocycles. The predicted molar refractivity (Wildman–Crippen MR) is 56.9 cm³/mol. The molecule has 0 heterocycles. The van der Waals surface area contributed by atoms with Crippen LogP contribution in [0.1, 0.15) is 51.4 Å². The van der Waals surface area contributed by atoms with Crippen molar-refractivity contribution in [2.75, 3.05) is 0 Å². The third-order valence-electron chi connectivity index (χ3n) is 5.12. The Labute approximate surface area is 86.9 Å². The van der Waals surface area contributed by atoms with Crippen molar-refractivity contribution in [2.45, 2.75) is 57.5 Å². The van der Waals surface area contributed by atoms with Gasteiger partial charge in [-0.15, -0.1) is 0 Å². The molecule has 3 rings (SSSR count). The molecule has 5 atom stereocenters. The van der Waals surface area contributed by atoms with Crippen LogP contribution in [0, 0.1) is 23.7 Å². The lowest BCUT2D eigenvalue weighted by atomic mass is 9.71. The zero-order valence-electron chi connectivity index (χ0n) is 8.99. The Balaban J connectivity index is 1.69. The van der Waals surface area contributed by atoms with Crippen LogP contribution in [0.25, 0.3) is 0 Å². The van der Waals surface area contributed by atoms with E-state index >= 15 is 0 Å². The maximum Gasteiger partial charge on any atom is 0.0571 e. The van der Waals surface area contributed by atoms with Gasteiger partial charge in [-0.2, -0.15) is 0 Å². The lowest BCUT2D eigenvalue weighted by molar-refractivity contribution is 0.0199. The van der Waals surface area contributed by atoms with E-state index in [0.717, 1.165) is 24.2 Å². The van der Waals surface area contributed by atoms with E-state index in [1.807, 2.05) is 0 Å². The van der Waals surface area contributed by atoms with E-state index in [1.54, 1.807) is 0 Å². The number of fused-ring (bicyclic) bond motifs is 2. The summed E-state index contributed by atoms with van der Waals surface area (Å²) < 4.78 is 0. The summed E-state index contributed by atoms with van der Waals surface area (Å²) >= 11 is 0. The van der Waals surface area contributed by atoms with Crippen LogP contribution >= 0.6 is 0 Å². The predicted octanol–water partition coefficient (Wildman–Crippen LogP) is 2.97. The first-order valence-electron chi connectivity index (χ1n) is 6.52. The Hall–Kier alpha value is -0.0400. The van der Waals surface area contributed by atoms with Gasteiger partial charge in [-0.25, -0.2) is 0 Å². The number of aliphatic hydroxyl groups excluding tert-OH is 1. The minimum atomic E-state index is 0.0492. The first-order chi connectivity index (χ1) is 6.84. The summed E-state index contributed by atoms with van der Waals surface area (Å²) in [5, 5.41) is 10.1. The molecule has 3 saturated carbocycles. The standard InChI is InChI=1S/C13H22O/c14-13-4-2-1-3-11(13)12-8-9-5-6-10(12)7-9/h9-14H,1-8H2. The molecule has 3 fully saturated rings. The summed E-state index contributed by atoms with van der Waals surface area (Å²) in [5.74, 6) is 3.62. The maximum atomic E-state index is 10.1. The van der Waals surface area contributed by atoms with Gasteiger partial charge in [-0.3, -0.25) is 0 Å². The number of hydrogen-bond donors (Lipinski definition) is 1. The van der Waals surface area contributed by atoms with Crippen molar-refractivity contribution < 1.29 is 5.11 Å². The minimum absolute atomic E-state index is 0.0492. The summed E-state index contributed by atoms with van der Waals surface area (Å²) in [6, 6.07) is 0. The second-order valence-corrected chi connectivity index (χ2v) is 5.85. The first-order valence-corrected chi connectivity index (χ1v) is 6.52. The molecule has 3 aliphatic carbocycles. The van der Waals surface area contributed by atoms with E-state index in [-0.39, 0.29) is 6.10 Å². The molecule has 2 bridgehead atoms. The Kier molecular flexibility index (Phi) is 2.31. The Morgan fingerprint density at radius 3 is 2.29 bits per heavy atom. The van der Waals surface area contributed by atoms with Crippen LogP contribution < -0.4 is 0 Å². The van der Waals surface area contributed by atoms with Gasteiger partial charge in [-0.1, -0.05) is 19.3 Å². The lowest BCUT2D eigenvalue weighted by Crippen LogP contribution is -2.33. The quantitative estimate of drug-likeness (QED) is 0.680. The van der Waals surface area contributed by atoms with Crippen molar-refractivity contribution in [1.82, 2.24) is 0 Å². The highest BCUT2D eigenvalue weighted by Gasteiger charge is 2.45.